The van der Waals surface area contributed by atoms with Crippen LogP contribution in [0.3, 0.4) is 0 Å². The van der Waals surface area contributed by atoms with Crippen molar-refractivity contribution in [3.8, 4) is 5.75 Å². The Morgan fingerprint density at radius 1 is 0.956 bits per heavy atom. The van der Waals surface area contributed by atoms with E-state index in [1.807, 2.05) is 109 Å². The lowest BCUT2D eigenvalue weighted by molar-refractivity contribution is -0.130. The number of aliphatic hydroxyl groups excluding tert-OH is 1. The molecule has 5 rings (SSSR count). The van der Waals surface area contributed by atoms with Crippen LogP contribution in [0.5, 0.6) is 5.75 Å². The van der Waals surface area contributed by atoms with Crippen LogP contribution in [-0.4, -0.2) is 42.2 Å². The van der Waals surface area contributed by atoms with E-state index in [0.717, 1.165) is 28.7 Å². The van der Waals surface area contributed by atoms with Gasteiger partial charge in [0.2, 0.25) is 5.90 Å². The zero-order valence-electron chi connectivity index (χ0n) is 24.9. The standard InChI is InChI=1S/C35H36N6O4/c36-41-38-25-30-15-8-7-14-29(30)24-35(34(43)40-37-21-20-26-10-3-1-4-11-26)32(27-12-5-2-6-13-27)45-33(39-35)28-16-18-31(19-17-28)44-23-9-22-42/h1-8,10-19,32,37,42H,9,20-25H2,(H,40,43)/t32-,35-/m0/s1. The number of nitrogens with zero attached hydrogens (tertiary/aromatic N) is 4. The summed E-state index contributed by atoms with van der Waals surface area (Å²) in [6, 6.07) is 34.5. The van der Waals surface area contributed by atoms with E-state index >= 15 is 0 Å². The first-order chi connectivity index (χ1) is 22.1. The van der Waals surface area contributed by atoms with Crippen molar-refractivity contribution in [3.63, 3.8) is 0 Å². The van der Waals surface area contributed by atoms with Gasteiger partial charge in [0, 0.05) is 36.5 Å². The highest BCUT2D eigenvalue weighted by atomic mass is 16.5. The monoisotopic (exact) mass is 604 g/mol. The molecule has 0 fully saturated rings. The molecule has 0 radical (unpaired) electrons. The molecule has 2 atom stereocenters. The summed E-state index contributed by atoms with van der Waals surface area (Å²) < 4.78 is 12.3. The van der Waals surface area contributed by atoms with Crippen LogP contribution >= 0.6 is 0 Å². The second kappa shape index (κ2) is 15.5. The van der Waals surface area contributed by atoms with E-state index in [1.54, 1.807) is 0 Å². The van der Waals surface area contributed by atoms with Crippen LogP contribution in [0.2, 0.25) is 0 Å². The maximum atomic E-state index is 14.4. The fourth-order valence-electron chi connectivity index (χ4n) is 5.30. The molecule has 0 aromatic heterocycles. The van der Waals surface area contributed by atoms with Gasteiger partial charge in [-0.1, -0.05) is 90.0 Å². The third-order valence-electron chi connectivity index (χ3n) is 7.60. The molecule has 4 aromatic carbocycles. The Labute approximate surface area is 262 Å². The number of azide groups is 1. The zero-order chi connectivity index (χ0) is 31.3. The van der Waals surface area contributed by atoms with Crippen molar-refractivity contribution in [1.29, 1.82) is 0 Å². The van der Waals surface area contributed by atoms with Crippen LogP contribution in [0.4, 0.5) is 0 Å². The van der Waals surface area contributed by atoms with Gasteiger partial charge in [-0.3, -0.25) is 10.2 Å². The second-order valence-electron chi connectivity index (χ2n) is 10.7. The van der Waals surface area contributed by atoms with Gasteiger partial charge in [-0.05, 0) is 58.5 Å². The molecular formula is C35H36N6O4. The first-order valence-electron chi connectivity index (χ1n) is 14.9. The van der Waals surface area contributed by atoms with E-state index in [2.05, 4.69) is 20.9 Å². The van der Waals surface area contributed by atoms with Gasteiger partial charge in [0.15, 0.2) is 11.6 Å². The van der Waals surface area contributed by atoms with Crippen LogP contribution in [-0.2, 0) is 28.9 Å². The number of carbonyl (C=O) groups is 1. The molecule has 0 spiro atoms. The zero-order valence-corrected chi connectivity index (χ0v) is 24.9. The molecule has 1 amide bonds. The number of benzene rings is 4. The SMILES string of the molecule is [N-]=[N+]=NCc1ccccc1C[C@]1(C(=O)NNCCc2ccccc2)N=C(c2ccc(OCCCO)cc2)O[C@H]1c1ccccc1. The van der Waals surface area contributed by atoms with Gasteiger partial charge >= 0.3 is 0 Å². The topological polar surface area (TPSA) is 141 Å². The maximum Gasteiger partial charge on any atom is 0.266 e. The number of aliphatic imine (C=N–C) groups is 1. The van der Waals surface area contributed by atoms with Gasteiger partial charge < -0.3 is 14.6 Å². The summed E-state index contributed by atoms with van der Waals surface area (Å²) in [6.45, 7) is 1.12. The van der Waals surface area contributed by atoms with E-state index < -0.39 is 11.6 Å². The van der Waals surface area contributed by atoms with Crippen molar-refractivity contribution in [3.05, 3.63) is 147 Å². The van der Waals surface area contributed by atoms with Crippen LogP contribution in [0.1, 0.15) is 40.3 Å². The normalized spacial score (nSPS) is 17.1. The summed E-state index contributed by atoms with van der Waals surface area (Å²) in [4.78, 5) is 22.4. The Balaban J connectivity index is 1.51. The van der Waals surface area contributed by atoms with Crippen molar-refractivity contribution in [2.75, 3.05) is 19.8 Å². The number of nitrogens with one attached hydrogen (secondary N) is 2. The number of hydrogen-bond acceptors (Lipinski definition) is 7. The minimum absolute atomic E-state index is 0.0564. The minimum atomic E-state index is -1.40. The highest BCUT2D eigenvalue weighted by Gasteiger charge is 2.53. The predicted molar refractivity (Wildman–Crippen MR) is 172 cm³/mol. The highest BCUT2D eigenvalue weighted by molar-refractivity contribution is 6.01. The molecule has 1 heterocycles. The summed E-state index contributed by atoms with van der Waals surface area (Å²) in [5.41, 5.74) is 17.9. The second-order valence-corrected chi connectivity index (χ2v) is 10.7. The molecule has 3 N–H and O–H groups in total. The van der Waals surface area contributed by atoms with E-state index in [1.165, 1.54) is 0 Å². The quantitative estimate of drug-likeness (QED) is 0.0531. The third kappa shape index (κ3) is 7.87. The summed E-state index contributed by atoms with van der Waals surface area (Å²) in [5.74, 6) is 0.642. The molecule has 10 heteroatoms. The van der Waals surface area contributed by atoms with Crippen LogP contribution in [0.15, 0.2) is 119 Å². The van der Waals surface area contributed by atoms with Gasteiger partial charge in [-0.25, -0.2) is 10.4 Å². The Morgan fingerprint density at radius 2 is 1.64 bits per heavy atom. The summed E-state index contributed by atoms with van der Waals surface area (Å²) >= 11 is 0. The average Bonchev–Trinajstić information content (AvgIpc) is 3.48. The van der Waals surface area contributed by atoms with E-state index in [-0.39, 0.29) is 25.5 Å². The van der Waals surface area contributed by atoms with Crippen LogP contribution < -0.4 is 15.6 Å². The van der Waals surface area contributed by atoms with Crippen LogP contribution in [0, 0.1) is 0 Å². The number of carbonyl (C=O) groups excluding carboxylic acids is 1. The fourth-order valence-corrected chi connectivity index (χ4v) is 5.30. The number of hydrazine groups is 1. The smallest absolute Gasteiger partial charge is 0.266 e. The van der Waals surface area contributed by atoms with Gasteiger partial charge in [0.25, 0.3) is 5.91 Å². The number of hydrogen-bond donors (Lipinski definition) is 3. The van der Waals surface area contributed by atoms with Gasteiger partial charge in [-0.15, -0.1) is 0 Å². The molecule has 0 unspecified atom stereocenters. The molecule has 0 saturated heterocycles. The predicted octanol–water partition coefficient (Wildman–Crippen LogP) is 5.62. The number of aliphatic hydroxyl groups is 1. The molecular weight excluding hydrogens is 568 g/mol. The number of rotatable bonds is 15. The maximum absolute atomic E-state index is 14.4. The Hall–Kier alpha value is -5.15. The lowest BCUT2D eigenvalue weighted by Crippen LogP contribution is -2.54. The number of amides is 1. The summed E-state index contributed by atoms with van der Waals surface area (Å²) in [5, 5.41) is 12.8. The largest absolute Gasteiger partial charge is 0.494 e. The molecule has 10 nitrogen and oxygen atoms in total. The van der Waals surface area contributed by atoms with Gasteiger partial charge in [0.1, 0.15) is 5.75 Å². The third-order valence-corrected chi connectivity index (χ3v) is 7.60. The average molecular weight is 605 g/mol. The van der Waals surface area contributed by atoms with Crippen molar-refractivity contribution in [1.82, 2.24) is 10.9 Å². The molecule has 0 saturated carbocycles. The molecule has 4 aromatic rings. The van der Waals surface area contributed by atoms with Gasteiger partial charge in [-0.2, -0.15) is 0 Å². The lowest BCUT2D eigenvalue weighted by Gasteiger charge is -2.31. The Morgan fingerprint density at radius 3 is 2.36 bits per heavy atom. The summed E-state index contributed by atoms with van der Waals surface area (Å²) in [7, 11) is 0. The summed E-state index contributed by atoms with van der Waals surface area (Å²) in [6.07, 6.45) is 0.705. The molecule has 0 bridgehead atoms. The fraction of sp³-hybridized carbons (Fsp3) is 0.257. The highest BCUT2D eigenvalue weighted by Crippen LogP contribution is 2.43. The molecule has 1 aliphatic heterocycles. The van der Waals surface area contributed by atoms with E-state index in [9.17, 15) is 4.79 Å². The van der Waals surface area contributed by atoms with Crippen molar-refractivity contribution < 1.29 is 19.4 Å². The first-order valence-corrected chi connectivity index (χ1v) is 14.9. The molecule has 45 heavy (non-hydrogen) atoms. The van der Waals surface area contributed by atoms with Crippen molar-refractivity contribution in [2.24, 2.45) is 10.1 Å². The molecule has 1 aliphatic rings. The lowest BCUT2D eigenvalue weighted by atomic mass is 9.81. The van der Waals surface area contributed by atoms with Gasteiger partial charge in [0.05, 0.1) is 13.2 Å². The van der Waals surface area contributed by atoms with Crippen molar-refractivity contribution >= 4 is 11.8 Å². The minimum Gasteiger partial charge on any atom is -0.494 e. The van der Waals surface area contributed by atoms with Crippen LogP contribution in [0.25, 0.3) is 10.4 Å². The number of ether oxygens (including phenoxy) is 2. The first kappa shape index (κ1) is 31.3. The Kier molecular flexibility index (Phi) is 10.8. The van der Waals surface area contributed by atoms with Crippen molar-refractivity contribution in [2.45, 2.75) is 37.5 Å². The Bertz CT molecular complexity index is 1630. The molecule has 230 valence electrons. The molecule has 0 aliphatic carbocycles. The van der Waals surface area contributed by atoms with E-state index in [4.69, 9.17) is 25.1 Å². The van der Waals surface area contributed by atoms with E-state index in [0.29, 0.717) is 36.8 Å².